The number of benzene rings is 1. The van der Waals surface area contributed by atoms with Gasteiger partial charge in [0.1, 0.15) is 11.4 Å². The van der Waals surface area contributed by atoms with Crippen molar-refractivity contribution in [3.63, 3.8) is 0 Å². The number of rotatable bonds is 8. The van der Waals surface area contributed by atoms with Crippen LogP contribution >= 0.6 is 0 Å². The van der Waals surface area contributed by atoms with E-state index in [9.17, 15) is 4.79 Å². The fraction of sp³-hybridized carbons (Fsp3) is 0.273. The maximum absolute atomic E-state index is 12.1. The molecule has 0 bridgehead atoms. The average Bonchev–Trinajstić information content (AvgIpc) is 3.43. The zero-order valence-electron chi connectivity index (χ0n) is 17.5. The molecule has 3 heterocycles. The lowest BCUT2D eigenvalue weighted by Crippen LogP contribution is -2.26. The van der Waals surface area contributed by atoms with E-state index in [0.717, 1.165) is 40.7 Å². The molecule has 0 spiro atoms. The highest BCUT2D eigenvalue weighted by molar-refractivity contribution is 5.96. The molecule has 0 aliphatic heterocycles. The van der Waals surface area contributed by atoms with Crippen molar-refractivity contribution in [1.82, 2.24) is 35.8 Å². The zero-order chi connectivity index (χ0) is 21.8. The SMILES string of the molecule is CCNCc1cncc(-c2ccc3[nH]nc(-c4ncc(C(=O)NCCO)[nH]4)c3c2)c1C. The van der Waals surface area contributed by atoms with Gasteiger partial charge in [-0.2, -0.15) is 5.10 Å². The number of carbonyl (C=O) groups excluding carboxylic acids is 1. The summed E-state index contributed by atoms with van der Waals surface area (Å²) < 4.78 is 0. The molecular formula is C22H25N7O2. The molecule has 0 saturated heterocycles. The quantitative estimate of drug-likeness (QED) is 0.297. The Labute approximate surface area is 179 Å². The Bertz CT molecular complexity index is 1210. The second kappa shape index (κ2) is 9.07. The van der Waals surface area contributed by atoms with E-state index in [-0.39, 0.29) is 19.1 Å². The number of amides is 1. The second-order valence-electron chi connectivity index (χ2n) is 7.21. The molecule has 160 valence electrons. The Balaban J connectivity index is 1.70. The first-order valence-corrected chi connectivity index (χ1v) is 10.2. The molecule has 1 amide bonds. The van der Waals surface area contributed by atoms with Crippen molar-refractivity contribution in [2.45, 2.75) is 20.4 Å². The Hall–Kier alpha value is -3.56. The summed E-state index contributed by atoms with van der Waals surface area (Å²) in [5.41, 5.74) is 6.26. The summed E-state index contributed by atoms with van der Waals surface area (Å²) in [6, 6.07) is 6.08. The molecule has 9 nitrogen and oxygen atoms in total. The zero-order valence-corrected chi connectivity index (χ0v) is 17.5. The number of aliphatic hydroxyl groups is 1. The highest BCUT2D eigenvalue weighted by Crippen LogP contribution is 2.31. The monoisotopic (exact) mass is 419 g/mol. The predicted molar refractivity (Wildman–Crippen MR) is 118 cm³/mol. The third kappa shape index (κ3) is 4.18. The molecule has 0 fully saturated rings. The fourth-order valence-corrected chi connectivity index (χ4v) is 3.48. The van der Waals surface area contributed by atoms with Gasteiger partial charge < -0.3 is 20.7 Å². The number of aromatic nitrogens is 5. The summed E-state index contributed by atoms with van der Waals surface area (Å²) in [5, 5.41) is 23.1. The summed E-state index contributed by atoms with van der Waals surface area (Å²) in [6.07, 6.45) is 5.24. The predicted octanol–water partition coefficient (Wildman–Crippen LogP) is 2.16. The van der Waals surface area contributed by atoms with Crippen LogP contribution < -0.4 is 10.6 Å². The van der Waals surface area contributed by atoms with Crippen LogP contribution in [0, 0.1) is 6.92 Å². The van der Waals surface area contributed by atoms with Crippen LogP contribution in [0.5, 0.6) is 0 Å². The first-order chi connectivity index (χ1) is 15.1. The van der Waals surface area contributed by atoms with E-state index < -0.39 is 0 Å². The minimum absolute atomic E-state index is 0.122. The van der Waals surface area contributed by atoms with Crippen LogP contribution in [0.25, 0.3) is 33.5 Å². The van der Waals surface area contributed by atoms with Crippen molar-refractivity contribution in [2.75, 3.05) is 19.7 Å². The van der Waals surface area contributed by atoms with Crippen molar-refractivity contribution >= 4 is 16.8 Å². The van der Waals surface area contributed by atoms with E-state index in [2.05, 4.69) is 55.7 Å². The molecule has 9 heteroatoms. The largest absolute Gasteiger partial charge is 0.395 e. The van der Waals surface area contributed by atoms with Gasteiger partial charge in [-0.05, 0) is 42.3 Å². The van der Waals surface area contributed by atoms with Crippen LogP contribution in [0.1, 0.15) is 28.5 Å². The minimum Gasteiger partial charge on any atom is -0.395 e. The van der Waals surface area contributed by atoms with E-state index in [0.29, 0.717) is 17.2 Å². The molecular weight excluding hydrogens is 394 g/mol. The first-order valence-electron chi connectivity index (χ1n) is 10.2. The molecule has 5 N–H and O–H groups in total. The molecule has 0 aliphatic rings. The summed E-state index contributed by atoms with van der Waals surface area (Å²) in [4.78, 5) is 23.9. The van der Waals surface area contributed by atoms with Crippen molar-refractivity contribution in [1.29, 1.82) is 0 Å². The van der Waals surface area contributed by atoms with Crippen molar-refractivity contribution in [3.05, 3.63) is 53.6 Å². The maximum atomic E-state index is 12.1. The van der Waals surface area contributed by atoms with Gasteiger partial charge in [-0.1, -0.05) is 13.0 Å². The number of hydrogen-bond donors (Lipinski definition) is 5. The Morgan fingerprint density at radius 3 is 2.90 bits per heavy atom. The smallest absolute Gasteiger partial charge is 0.269 e. The van der Waals surface area contributed by atoms with E-state index in [1.807, 2.05) is 24.5 Å². The minimum atomic E-state index is -0.326. The lowest BCUT2D eigenvalue weighted by atomic mass is 9.98. The molecule has 0 radical (unpaired) electrons. The Kier molecular flexibility index (Phi) is 6.06. The molecule has 0 atom stereocenters. The molecule has 4 aromatic rings. The van der Waals surface area contributed by atoms with Gasteiger partial charge in [0.25, 0.3) is 5.91 Å². The van der Waals surface area contributed by atoms with Crippen LogP contribution in [0.3, 0.4) is 0 Å². The normalized spacial score (nSPS) is 11.2. The van der Waals surface area contributed by atoms with E-state index in [1.165, 1.54) is 11.8 Å². The number of nitrogens with zero attached hydrogens (tertiary/aromatic N) is 3. The first kappa shape index (κ1) is 20.7. The van der Waals surface area contributed by atoms with E-state index >= 15 is 0 Å². The lowest BCUT2D eigenvalue weighted by molar-refractivity contribution is 0.0940. The van der Waals surface area contributed by atoms with Crippen molar-refractivity contribution in [2.24, 2.45) is 0 Å². The van der Waals surface area contributed by atoms with Gasteiger partial charge in [0.2, 0.25) is 0 Å². The van der Waals surface area contributed by atoms with Gasteiger partial charge in [-0.15, -0.1) is 0 Å². The van der Waals surface area contributed by atoms with Gasteiger partial charge in [0, 0.05) is 36.4 Å². The van der Waals surface area contributed by atoms with Gasteiger partial charge in [-0.25, -0.2) is 4.98 Å². The summed E-state index contributed by atoms with van der Waals surface area (Å²) in [5.74, 6) is 0.167. The number of H-pyrrole nitrogens is 2. The Morgan fingerprint density at radius 2 is 2.10 bits per heavy atom. The molecule has 4 rings (SSSR count). The Morgan fingerprint density at radius 1 is 1.23 bits per heavy atom. The van der Waals surface area contributed by atoms with Gasteiger partial charge in [-0.3, -0.25) is 14.9 Å². The van der Waals surface area contributed by atoms with Crippen LogP contribution in [0.2, 0.25) is 0 Å². The number of fused-ring (bicyclic) bond motifs is 1. The van der Waals surface area contributed by atoms with Crippen LogP contribution in [0.15, 0.2) is 36.8 Å². The van der Waals surface area contributed by atoms with Gasteiger partial charge in [0.15, 0.2) is 5.82 Å². The average molecular weight is 419 g/mol. The van der Waals surface area contributed by atoms with E-state index in [1.54, 1.807) is 0 Å². The molecule has 0 unspecified atom stereocenters. The number of aromatic amines is 2. The van der Waals surface area contributed by atoms with Crippen molar-refractivity contribution < 1.29 is 9.90 Å². The fourth-order valence-electron chi connectivity index (χ4n) is 3.48. The second-order valence-corrected chi connectivity index (χ2v) is 7.21. The molecule has 0 aliphatic carbocycles. The number of imidazole rings is 1. The lowest BCUT2D eigenvalue weighted by Gasteiger charge is -2.11. The standard InChI is InChI=1S/C22H25N7O2/c1-3-23-9-15-10-24-11-17(13(15)2)14-4-5-18-16(8-14)20(29-28-18)21-26-12-19(27-21)22(31)25-6-7-30/h4-5,8,10-12,23,30H,3,6-7,9H2,1-2H3,(H,25,31)(H,26,27)(H,28,29). The van der Waals surface area contributed by atoms with Gasteiger partial charge in [0.05, 0.1) is 18.3 Å². The maximum Gasteiger partial charge on any atom is 0.269 e. The summed E-state index contributed by atoms with van der Waals surface area (Å²) in [7, 11) is 0. The number of carbonyl (C=O) groups is 1. The third-order valence-corrected chi connectivity index (χ3v) is 5.20. The third-order valence-electron chi connectivity index (χ3n) is 5.20. The molecule has 3 aromatic heterocycles. The number of hydrogen-bond acceptors (Lipinski definition) is 6. The van der Waals surface area contributed by atoms with Crippen molar-refractivity contribution in [3.8, 4) is 22.6 Å². The number of pyridine rings is 1. The summed E-state index contributed by atoms with van der Waals surface area (Å²) >= 11 is 0. The van der Waals surface area contributed by atoms with Crippen LogP contribution in [-0.2, 0) is 6.54 Å². The van der Waals surface area contributed by atoms with E-state index in [4.69, 9.17) is 5.11 Å². The number of nitrogens with one attached hydrogen (secondary N) is 4. The van der Waals surface area contributed by atoms with Crippen LogP contribution in [-0.4, -0.2) is 55.9 Å². The highest BCUT2D eigenvalue weighted by Gasteiger charge is 2.16. The molecule has 1 aromatic carbocycles. The van der Waals surface area contributed by atoms with Gasteiger partial charge >= 0.3 is 0 Å². The molecule has 31 heavy (non-hydrogen) atoms. The summed E-state index contributed by atoms with van der Waals surface area (Å²) in [6.45, 7) is 5.92. The van der Waals surface area contributed by atoms with Crippen LogP contribution in [0.4, 0.5) is 0 Å². The highest BCUT2D eigenvalue weighted by atomic mass is 16.3. The number of aliphatic hydroxyl groups excluding tert-OH is 1. The topological polar surface area (TPSA) is 132 Å². The molecule has 0 saturated carbocycles.